The Labute approximate surface area is 122 Å². The average Bonchev–Trinajstić information content (AvgIpc) is 2.70. The minimum Gasteiger partial charge on any atom is -0.354 e. The topological polar surface area (TPSA) is 84.3 Å². The van der Waals surface area contributed by atoms with Crippen molar-refractivity contribution in [1.82, 2.24) is 20.0 Å². The van der Waals surface area contributed by atoms with Crippen LogP contribution in [0.1, 0.15) is 36.7 Å². The Balaban J connectivity index is 2.14. The average molecular weight is 292 g/mol. The molecule has 2 rings (SSSR count). The van der Waals surface area contributed by atoms with Crippen molar-refractivity contribution >= 4 is 11.8 Å². The molecule has 1 aromatic rings. The molecule has 0 spiro atoms. The molecule has 2 amide bonds. The maximum absolute atomic E-state index is 12.4. The number of carbonyl (C=O) groups excluding carboxylic acids is 2. The first-order chi connectivity index (χ1) is 10.1. The molecule has 0 unspecified atom stereocenters. The molecule has 0 bridgehead atoms. The first-order valence-electron chi connectivity index (χ1n) is 7.26. The third-order valence-corrected chi connectivity index (χ3v) is 3.41. The molecule has 0 radical (unpaired) electrons. The molecule has 2 heterocycles. The molecule has 7 nitrogen and oxygen atoms in total. The number of nitrogens with zero attached hydrogens (tertiary/aromatic N) is 3. The van der Waals surface area contributed by atoms with E-state index in [0.29, 0.717) is 32.6 Å². The lowest BCUT2D eigenvalue weighted by atomic mass is 10.3. The van der Waals surface area contributed by atoms with E-state index >= 15 is 0 Å². The van der Waals surface area contributed by atoms with Gasteiger partial charge in [-0.1, -0.05) is 13.3 Å². The van der Waals surface area contributed by atoms with Crippen LogP contribution in [0.15, 0.2) is 16.9 Å². The van der Waals surface area contributed by atoms with E-state index in [0.717, 1.165) is 12.8 Å². The Bertz CT molecular complexity index is 582. The highest BCUT2D eigenvalue weighted by molar-refractivity contribution is 5.92. The van der Waals surface area contributed by atoms with Gasteiger partial charge in [0.15, 0.2) is 0 Å². The second kappa shape index (κ2) is 7.01. The lowest BCUT2D eigenvalue weighted by molar-refractivity contribution is -0.120. The molecule has 0 aromatic carbocycles. The summed E-state index contributed by atoms with van der Waals surface area (Å²) in [5.41, 5.74) is 0.0489. The van der Waals surface area contributed by atoms with Crippen molar-refractivity contribution in [3.63, 3.8) is 0 Å². The van der Waals surface area contributed by atoms with Gasteiger partial charge in [0.1, 0.15) is 5.69 Å². The van der Waals surface area contributed by atoms with Crippen molar-refractivity contribution in [2.45, 2.75) is 32.7 Å². The van der Waals surface area contributed by atoms with E-state index in [1.807, 2.05) is 6.92 Å². The molecule has 21 heavy (non-hydrogen) atoms. The zero-order valence-corrected chi connectivity index (χ0v) is 12.2. The molecule has 0 aliphatic carbocycles. The van der Waals surface area contributed by atoms with Crippen molar-refractivity contribution in [2.24, 2.45) is 0 Å². The fraction of sp³-hybridized carbons (Fsp3) is 0.571. The number of rotatable bonds is 4. The fourth-order valence-corrected chi connectivity index (χ4v) is 2.16. The SMILES string of the molecule is CCCCn1nc(C(=O)N2CCNC(=O)CC2)ccc1=O. The maximum atomic E-state index is 12.4. The number of hydrogen-bond donors (Lipinski definition) is 1. The number of carbonyl (C=O) groups is 2. The number of hydrogen-bond acceptors (Lipinski definition) is 4. The van der Waals surface area contributed by atoms with Crippen LogP contribution in [0.3, 0.4) is 0 Å². The molecule has 1 aromatic heterocycles. The molecular weight excluding hydrogens is 272 g/mol. The lowest BCUT2D eigenvalue weighted by Gasteiger charge is -2.19. The van der Waals surface area contributed by atoms with E-state index in [-0.39, 0.29) is 23.1 Å². The van der Waals surface area contributed by atoms with Gasteiger partial charge >= 0.3 is 0 Å². The van der Waals surface area contributed by atoms with Crippen molar-refractivity contribution in [3.8, 4) is 0 Å². The summed E-state index contributed by atoms with van der Waals surface area (Å²) in [6, 6.07) is 2.82. The van der Waals surface area contributed by atoms with Gasteiger partial charge in [-0.2, -0.15) is 5.10 Å². The Morgan fingerprint density at radius 1 is 1.33 bits per heavy atom. The fourth-order valence-electron chi connectivity index (χ4n) is 2.16. The third-order valence-electron chi connectivity index (χ3n) is 3.41. The monoisotopic (exact) mass is 292 g/mol. The van der Waals surface area contributed by atoms with Gasteiger partial charge in [0.05, 0.1) is 0 Å². The van der Waals surface area contributed by atoms with Crippen molar-refractivity contribution in [1.29, 1.82) is 0 Å². The highest BCUT2D eigenvalue weighted by atomic mass is 16.2. The Hall–Kier alpha value is -2.18. The molecule has 0 atom stereocenters. The summed E-state index contributed by atoms with van der Waals surface area (Å²) >= 11 is 0. The second-order valence-electron chi connectivity index (χ2n) is 5.03. The summed E-state index contributed by atoms with van der Waals surface area (Å²) in [5, 5.41) is 6.86. The Kier molecular flexibility index (Phi) is 5.08. The lowest BCUT2D eigenvalue weighted by Crippen LogP contribution is -2.36. The van der Waals surface area contributed by atoms with Gasteiger partial charge in [-0.3, -0.25) is 14.4 Å². The first kappa shape index (κ1) is 15.2. The van der Waals surface area contributed by atoms with E-state index in [1.54, 1.807) is 4.90 Å². The van der Waals surface area contributed by atoms with Gasteiger partial charge in [0.25, 0.3) is 11.5 Å². The quantitative estimate of drug-likeness (QED) is 0.847. The molecule has 1 aliphatic rings. The predicted octanol–water partition coefficient (Wildman–Crippen LogP) is 0.00550. The van der Waals surface area contributed by atoms with E-state index < -0.39 is 0 Å². The summed E-state index contributed by atoms with van der Waals surface area (Å²) in [6.07, 6.45) is 2.08. The van der Waals surface area contributed by atoms with Crippen LogP contribution in [0.2, 0.25) is 0 Å². The molecule has 114 valence electrons. The molecule has 0 saturated carbocycles. The molecular formula is C14H20N4O3. The van der Waals surface area contributed by atoms with Crippen LogP contribution < -0.4 is 10.9 Å². The Morgan fingerprint density at radius 3 is 2.90 bits per heavy atom. The van der Waals surface area contributed by atoms with Crippen LogP contribution in [-0.4, -0.2) is 46.1 Å². The number of aryl methyl sites for hydroxylation is 1. The van der Waals surface area contributed by atoms with Gasteiger partial charge in [0.2, 0.25) is 5.91 Å². The molecule has 1 N–H and O–H groups in total. The summed E-state index contributed by atoms with van der Waals surface area (Å²) in [5.74, 6) is -0.289. The molecule has 1 saturated heterocycles. The van der Waals surface area contributed by atoms with Crippen LogP contribution in [0.5, 0.6) is 0 Å². The predicted molar refractivity (Wildman–Crippen MR) is 76.9 cm³/mol. The van der Waals surface area contributed by atoms with E-state index in [9.17, 15) is 14.4 Å². The highest BCUT2D eigenvalue weighted by Crippen LogP contribution is 2.04. The maximum Gasteiger partial charge on any atom is 0.274 e. The van der Waals surface area contributed by atoms with Crippen LogP contribution in [0.25, 0.3) is 0 Å². The van der Waals surface area contributed by atoms with Gasteiger partial charge in [-0.25, -0.2) is 4.68 Å². The van der Waals surface area contributed by atoms with Gasteiger partial charge < -0.3 is 10.2 Å². The molecule has 1 fully saturated rings. The zero-order valence-electron chi connectivity index (χ0n) is 12.2. The number of unbranched alkanes of at least 4 members (excludes halogenated alkanes) is 1. The van der Waals surface area contributed by atoms with Gasteiger partial charge in [0, 0.05) is 38.7 Å². The van der Waals surface area contributed by atoms with Gasteiger partial charge in [-0.15, -0.1) is 0 Å². The van der Waals surface area contributed by atoms with Crippen LogP contribution >= 0.6 is 0 Å². The van der Waals surface area contributed by atoms with Gasteiger partial charge in [-0.05, 0) is 12.5 Å². The zero-order chi connectivity index (χ0) is 15.2. The minimum absolute atomic E-state index is 0.0498. The third kappa shape index (κ3) is 3.90. The van der Waals surface area contributed by atoms with E-state index in [4.69, 9.17) is 0 Å². The van der Waals surface area contributed by atoms with Crippen LogP contribution in [0.4, 0.5) is 0 Å². The standard InChI is InChI=1S/C14H20N4O3/c1-2-3-8-18-13(20)5-4-11(16-18)14(21)17-9-6-12(19)15-7-10-17/h4-5H,2-3,6-10H2,1H3,(H,15,19). The highest BCUT2D eigenvalue weighted by Gasteiger charge is 2.21. The Morgan fingerprint density at radius 2 is 2.14 bits per heavy atom. The smallest absolute Gasteiger partial charge is 0.274 e. The second-order valence-corrected chi connectivity index (χ2v) is 5.03. The van der Waals surface area contributed by atoms with E-state index in [1.165, 1.54) is 16.8 Å². The summed E-state index contributed by atoms with van der Waals surface area (Å²) < 4.78 is 1.33. The molecule has 7 heteroatoms. The molecule has 1 aliphatic heterocycles. The summed E-state index contributed by atoms with van der Waals surface area (Å²) in [6.45, 7) is 3.82. The summed E-state index contributed by atoms with van der Waals surface area (Å²) in [7, 11) is 0. The minimum atomic E-state index is -0.239. The van der Waals surface area contributed by atoms with Crippen LogP contribution in [-0.2, 0) is 11.3 Å². The van der Waals surface area contributed by atoms with Crippen molar-refractivity contribution in [2.75, 3.05) is 19.6 Å². The summed E-state index contributed by atoms with van der Waals surface area (Å²) in [4.78, 5) is 37.0. The number of amides is 2. The van der Waals surface area contributed by atoms with E-state index in [2.05, 4.69) is 10.4 Å². The van der Waals surface area contributed by atoms with Crippen molar-refractivity contribution in [3.05, 3.63) is 28.2 Å². The van der Waals surface area contributed by atoms with Crippen molar-refractivity contribution < 1.29 is 9.59 Å². The normalized spacial score (nSPS) is 15.5. The first-order valence-corrected chi connectivity index (χ1v) is 7.26. The largest absolute Gasteiger partial charge is 0.354 e. The van der Waals surface area contributed by atoms with Crippen LogP contribution in [0, 0.1) is 0 Å². The number of nitrogens with one attached hydrogen (secondary N) is 1. The number of aromatic nitrogens is 2.